The molecular weight excluding hydrogens is 254 g/mol. The lowest BCUT2D eigenvalue weighted by Crippen LogP contribution is -2.11. The van der Waals surface area contributed by atoms with E-state index in [0.717, 1.165) is 17.7 Å². The van der Waals surface area contributed by atoms with Crippen LogP contribution in [-0.2, 0) is 0 Å². The van der Waals surface area contributed by atoms with Gasteiger partial charge >= 0.3 is 0 Å². The molecule has 0 aromatic carbocycles. The average Bonchev–Trinajstić information content (AvgIpc) is 2.93. The van der Waals surface area contributed by atoms with Gasteiger partial charge in [-0.25, -0.2) is 0 Å². The van der Waals surface area contributed by atoms with Crippen LogP contribution in [-0.4, -0.2) is 22.1 Å². The van der Waals surface area contributed by atoms with Gasteiger partial charge < -0.3 is 10.3 Å². The summed E-state index contributed by atoms with van der Waals surface area (Å²) in [5.41, 5.74) is 8.18. The molecule has 2 heterocycles. The SMILES string of the molecule is CSCC[C@H](N)c1nc(-c2cscc2C)no1. The Morgan fingerprint density at radius 1 is 1.53 bits per heavy atom. The fraction of sp³-hybridized carbons (Fsp3) is 0.455. The van der Waals surface area contributed by atoms with Gasteiger partial charge in [-0.2, -0.15) is 28.1 Å². The Labute approximate surface area is 109 Å². The maximum absolute atomic E-state index is 5.98. The molecule has 17 heavy (non-hydrogen) atoms. The van der Waals surface area contributed by atoms with E-state index in [1.165, 1.54) is 5.56 Å². The molecule has 2 rings (SSSR count). The molecule has 0 fully saturated rings. The second kappa shape index (κ2) is 5.66. The van der Waals surface area contributed by atoms with Crippen LogP contribution in [0, 0.1) is 6.92 Å². The third-order valence-corrected chi connectivity index (χ3v) is 3.99. The van der Waals surface area contributed by atoms with Crippen LogP contribution in [0.1, 0.15) is 23.9 Å². The van der Waals surface area contributed by atoms with Gasteiger partial charge in [0.15, 0.2) is 0 Å². The first kappa shape index (κ1) is 12.6. The predicted octanol–water partition coefficient (Wildman–Crippen LogP) is 2.86. The number of hydrogen-bond acceptors (Lipinski definition) is 6. The van der Waals surface area contributed by atoms with Gasteiger partial charge in [-0.3, -0.25) is 0 Å². The summed E-state index contributed by atoms with van der Waals surface area (Å²) in [7, 11) is 0. The molecule has 6 heteroatoms. The Bertz CT molecular complexity index is 481. The van der Waals surface area contributed by atoms with Crippen LogP contribution >= 0.6 is 23.1 Å². The van der Waals surface area contributed by atoms with Gasteiger partial charge in [-0.15, -0.1) is 0 Å². The molecule has 0 aliphatic heterocycles. The predicted molar refractivity (Wildman–Crippen MR) is 72.3 cm³/mol. The van der Waals surface area contributed by atoms with E-state index in [-0.39, 0.29) is 6.04 Å². The number of thioether (sulfide) groups is 1. The molecular formula is C11H15N3OS2. The molecule has 4 nitrogen and oxygen atoms in total. The summed E-state index contributed by atoms with van der Waals surface area (Å²) < 4.78 is 5.21. The Balaban J connectivity index is 2.13. The highest BCUT2D eigenvalue weighted by molar-refractivity contribution is 7.98. The number of thiophene rings is 1. The average molecular weight is 269 g/mol. The van der Waals surface area contributed by atoms with Crippen molar-refractivity contribution in [1.82, 2.24) is 10.1 Å². The number of nitrogens with zero attached hydrogens (tertiary/aromatic N) is 2. The first-order valence-electron chi connectivity index (χ1n) is 5.33. The number of aryl methyl sites for hydroxylation is 1. The van der Waals surface area contributed by atoms with E-state index in [2.05, 4.69) is 21.8 Å². The van der Waals surface area contributed by atoms with Crippen molar-refractivity contribution >= 4 is 23.1 Å². The number of rotatable bonds is 5. The fourth-order valence-corrected chi connectivity index (χ4v) is 2.77. The van der Waals surface area contributed by atoms with Gasteiger partial charge in [0.1, 0.15) is 0 Å². The molecule has 2 N–H and O–H groups in total. The van der Waals surface area contributed by atoms with Gasteiger partial charge in [0.05, 0.1) is 6.04 Å². The standard InChI is InChI=1S/C11H15N3OS2/c1-7-5-17-6-8(7)10-13-11(15-14-10)9(12)3-4-16-2/h5-6,9H,3-4,12H2,1-2H3/t9-/m0/s1. The van der Waals surface area contributed by atoms with E-state index < -0.39 is 0 Å². The van der Waals surface area contributed by atoms with E-state index in [9.17, 15) is 0 Å². The minimum absolute atomic E-state index is 0.164. The van der Waals surface area contributed by atoms with Gasteiger partial charge in [0.2, 0.25) is 11.7 Å². The van der Waals surface area contributed by atoms with Crippen molar-refractivity contribution in [2.45, 2.75) is 19.4 Å². The van der Waals surface area contributed by atoms with E-state index in [1.807, 2.05) is 12.3 Å². The van der Waals surface area contributed by atoms with Crippen LogP contribution in [0.15, 0.2) is 15.3 Å². The summed E-state index contributed by atoms with van der Waals surface area (Å²) in [4.78, 5) is 4.36. The molecule has 0 amide bonds. The summed E-state index contributed by atoms with van der Waals surface area (Å²) in [5.74, 6) is 2.16. The van der Waals surface area contributed by atoms with Crippen LogP contribution in [0.25, 0.3) is 11.4 Å². The van der Waals surface area contributed by atoms with Crippen LogP contribution in [0.4, 0.5) is 0 Å². The maximum atomic E-state index is 5.98. The third-order valence-electron chi connectivity index (χ3n) is 2.49. The van der Waals surface area contributed by atoms with Gasteiger partial charge in [0.25, 0.3) is 0 Å². The quantitative estimate of drug-likeness (QED) is 0.904. The number of nitrogens with two attached hydrogens (primary N) is 1. The van der Waals surface area contributed by atoms with Gasteiger partial charge in [-0.05, 0) is 36.3 Å². The van der Waals surface area contributed by atoms with Gasteiger partial charge in [-0.1, -0.05) is 5.16 Å². The zero-order valence-electron chi connectivity index (χ0n) is 9.84. The lowest BCUT2D eigenvalue weighted by Gasteiger charge is -2.03. The molecule has 0 bridgehead atoms. The number of hydrogen-bond donors (Lipinski definition) is 1. The molecule has 0 saturated carbocycles. The summed E-state index contributed by atoms with van der Waals surface area (Å²) in [6.45, 7) is 2.04. The van der Waals surface area contributed by atoms with Crippen LogP contribution in [0.2, 0.25) is 0 Å². The Morgan fingerprint density at radius 2 is 2.35 bits per heavy atom. The molecule has 0 spiro atoms. The topological polar surface area (TPSA) is 64.9 Å². The highest BCUT2D eigenvalue weighted by atomic mass is 32.2. The molecule has 2 aromatic rings. The summed E-state index contributed by atoms with van der Waals surface area (Å²) in [5, 5.41) is 8.08. The van der Waals surface area contributed by atoms with Crippen molar-refractivity contribution in [3.63, 3.8) is 0 Å². The van der Waals surface area contributed by atoms with Crippen LogP contribution in [0.5, 0.6) is 0 Å². The molecule has 0 aliphatic rings. The fourth-order valence-electron chi connectivity index (χ4n) is 1.45. The molecule has 1 atom stereocenters. The lowest BCUT2D eigenvalue weighted by atomic mass is 10.2. The van der Waals surface area contributed by atoms with E-state index >= 15 is 0 Å². The molecule has 0 aliphatic carbocycles. The zero-order valence-corrected chi connectivity index (χ0v) is 11.5. The Kier molecular flexibility index (Phi) is 4.20. The summed E-state index contributed by atoms with van der Waals surface area (Å²) >= 11 is 3.40. The minimum atomic E-state index is -0.164. The summed E-state index contributed by atoms with van der Waals surface area (Å²) in [6.07, 6.45) is 2.91. The Hall–Kier alpha value is -0.850. The minimum Gasteiger partial charge on any atom is -0.337 e. The van der Waals surface area contributed by atoms with Crippen molar-refractivity contribution in [1.29, 1.82) is 0 Å². The molecule has 0 unspecified atom stereocenters. The van der Waals surface area contributed by atoms with E-state index in [1.54, 1.807) is 23.1 Å². The maximum Gasteiger partial charge on any atom is 0.243 e. The van der Waals surface area contributed by atoms with E-state index in [4.69, 9.17) is 10.3 Å². The molecule has 0 radical (unpaired) electrons. The number of aromatic nitrogens is 2. The molecule has 2 aromatic heterocycles. The lowest BCUT2D eigenvalue weighted by molar-refractivity contribution is 0.353. The van der Waals surface area contributed by atoms with Crippen molar-refractivity contribution in [2.24, 2.45) is 5.73 Å². The smallest absolute Gasteiger partial charge is 0.243 e. The molecule has 92 valence electrons. The van der Waals surface area contributed by atoms with Gasteiger partial charge in [0, 0.05) is 10.9 Å². The van der Waals surface area contributed by atoms with Crippen LogP contribution < -0.4 is 5.73 Å². The van der Waals surface area contributed by atoms with Crippen molar-refractivity contribution in [3.05, 3.63) is 22.2 Å². The van der Waals surface area contributed by atoms with Crippen LogP contribution in [0.3, 0.4) is 0 Å². The second-order valence-corrected chi connectivity index (χ2v) is 5.54. The molecule has 0 saturated heterocycles. The van der Waals surface area contributed by atoms with E-state index in [0.29, 0.717) is 11.7 Å². The zero-order chi connectivity index (χ0) is 12.3. The third kappa shape index (κ3) is 2.88. The van der Waals surface area contributed by atoms with Crippen molar-refractivity contribution < 1.29 is 4.52 Å². The first-order chi connectivity index (χ1) is 8.22. The highest BCUT2D eigenvalue weighted by Crippen LogP contribution is 2.25. The largest absolute Gasteiger partial charge is 0.337 e. The second-order valence-electron chi connectivity index (χ2n) is 3.81. The summed E-state index contributed by atoms with van der Waals surface area (Å²) in [6, 6.07) is -0.164. The first-order valence-corrected chi connectivity index (χ1v) is 7.67. The van der Waals surface area contributed by atoms with Crippen molar-refractivity contribution in [2.75, 3.05) is 12.0 Å². The highest BCUT2D eigenvalue weighted by Gasteiger charge is 2.16. The normalized spacial score (nSPS) is 12.9. The van der Waals surface area contributed by atoms with Crippen molar-refractivity contribution in [3.8, 4) is 11.4 Å². The monoisotopic (exact) mass is 269 g/mol. The Morgan fingerprint density at radius 3 is 3.00 bits per heavy atom.